The maximum Gasteiger partial charge on any atom is 0.275 e. The van der Waals surface area contributed by atoms with Crippen LogP contribution in [-0.4, -0.2) is 48.3 Å². The van der Waals surface area contributed by atoms with E-state index >= 15 is 0 Å². The fourth-order valence-electron chi connectivity index (χ4n) is 4.61. The molecule has 9 nitrogen and oxygen atoms in total. The van der Waals surface area contributed by atoms with Crippen molar-refractivity contribution in [1.82, 2.24) is 29.3 Å². The Balaban J connectivity index is 1.32. The molecule has 5 rings (SSSR count). The van der Waals surface area contributed by atoms with Gasteiger partial charge in [-0.25, -0.2) is 14.2 Å². The van der Waals surface area contributed by atoms with Gasteiger partial charge in [-0.05, 0) is 39.7 Å². The van der Waals surface area contributed by atoms with Crippen LogP contribution in [0.1, 0.15) is 48.7 Å². The van der Waals surface area contributed by atoms with Crippen LogP contribution in [0.15, 0.2) is 46.1 Å². The molecule has 0 saturated carbocycles. The number of carbonyl (C=O) groups is 1. The molecule has 170 valence electrons. The maximum absolute atomic E-state index is 13.2. The van der Waals surface area contributed by atoms with Crippen LogP contribution in [0.2, 0.25) is 0 Å². The Hall–Kier alpha value is -3.75. The zero-order chi connectivity index (χ0) is 23.3. The number of hydrogen-bond acceptors (Lipinski definition) is 5. The number of nitrogens with one attached hydrogen (secondary N) is 1. The number of likely N-dealkylation sites (tertiary alicyclic amines) is 1. The minimum absolute atomic E-state index is 0.0847. The van der Waals surface area contributed by atoms with Crippen molar-refractivity contribution in [3.8, 4) is 0 Å². The number of rotatable bonds is 3. The first-order chi connectivity index (χ1) is 15.8. The smallest absolute Gasteiger partial charge is 0.275 e. The predicted molar refractivity (Wildman–Crippen MR) is 125 cm³/mol. The molecule has 0 spiro atoms. The van der Waals surface area contributed by atoms with Crippen LogP contribution < -0.4 is 11.1 Å². The van der Waals surface area contributed by atoms with Crippen molar-refractivity contribution in [3.05, 3.63) is 74.2 Å². The number of hydrogen-bond donors (Lipinski definition) is 1. The number of piperidine rings is 1. The summed E-state index contributed by atoms with van der Waals surface area (Å²) >= 11 is 0. The summed E-state index contributed by atoms with van der Waals surface area (Å²) < 4.78 is 2.77. The van der Waals surface area contributed by atoms with Gasteiger partial charge in [0.15, 0.2) is 5.65 Å². The van der Waals surface area contributed by atoms with Crippen molar-refractivity contribution < 1.29 is 4.79 Å². The van der Waals surface area contributed by atoms with Crippen molar-refractivity contribution in [2.75, 3.05) is 13.1 Å². The minimum Gasteiger partial charge on any atom is -0.341 e. The summed E-state index contributed by atoms with van der Waals surface area (Å²) in [6, 6.07) is 8.50. The highest BCUT2D eigenvalue weighted by Crippen LogP contribution is 2.28. The summed E-state index contributed by atoms with van der Waals surface area (Å²) in [6.07, 6.45) is 3.15. The van der Waals surface area contributed by atoms with E-state index in [1.165, 1.54) is 9.20 Å². The monoisotopic (exact) mass is 446 g/mol. The Bertz CT molecular complexity index is 1490. The lowest BCUT2D eigenvalue weighted by Crippen LogP contribution is -2.43. The summed E-state index contributed by atoms with van der Waals surface area (Å²) in [5.74, 6) is 0.0895. The van der Waals surface area contributed by atoms with Gasteiger partial charge < -0.3 is 4.90 Å². The van der Waals surface area contributed by atoms with Crippen LogP contribution in [-0.2, 0) is 4.79 Å². The largest absolute Gasteiger partial charge is 0.341 e. The fraction of sp³-hybridized carbons (Fsp3) is 0.375. The fourth-order valence-corrected chi connectivity index (χ4v) is 4.61. The van der Waals surface area contributed by atoms with E-state index in [4.69, 9.17) is 0 Å². The van der Waals surface area contributed by atoms with Gasteiger partial charge in [-0.1, -0.05) is 18.2 Å². The zero-order valence-electron chi connectivity index (χ0n) is 18.9. The first-order valence-corrected chi connectivity index (χ1v) is 11.2. The number of aromatic nitrogens is 5. The topological polar surface area (TPSA) is 105 Å². The third-order valence-corrected chi connectivity index (χ3v) is 6.79. The highest BCUT2D eigenvalue weighted by atomic mass is 16.2. The van der Waals surface area contributed by atoms with Crippen LogP contribution in [0.5, 0.6) is 0 Å². The Morgan fingerprint density at radius 2 is 1.85 bits per heavy atom. The summed E-state index contributed by atoms with van der Waals surface area (Å²) in [7, 11) is 0. The predicted octanol–water partition coefficient (Wildman–Crippen LogP) is 2.32. The Kier molecular flexibility index (Phi) is 5.11. The number of amides is 1. The first kappa shape index (κ1) is 21.1. The molecule has 1 aliphatic heterocycles. The van der Waals surface area contributed by atoms with E-state index < -0.39 is 6.04 Å². The molecule has 4 heterocycles. The first-order valence-electron chi connectivity index (χ1n) is 11.2. The van der Waals surface area contributed by atoms with Crippen molar-refractivity contribution in [2.24, 2.45) is 0 Å². The molecule has 1 atom stereocenters. The second kappa shape index (κ2) is 7.99. The Labute approximate surface area is 189 Å². The van der Waals surface area contributed by atoms with Gasteiger partial charge in [0.1, 0.15) is 6.04 Å². The quantitative estimate of drug-likeness (QED) is 0.520. The van der Waals surface area contributed by atoms with E-state index in [2.05, 4.69) is 15.2 Å². The minimum atomic E-state index is -0.680. The Morgan fingerprint density at radius 3 is 2.61 bits per heavy atom. The molecule has 1 N–H and O–H groups in total. The highest BCUT2D eigenvalue weighted by Gasteiger charge is 2.29. The highest BCUT2D eigenvalue weighted by molar-refractivity contribution is 5.82. The molecule has 1 aliphatic rings. The number of aryl methyl sites for hydroxylation is 1. The number of aromatic amines is 1. The summed E-state index contributed by atoms with van der Waals surface area (Å²) in [6.45, 7) is 6.49. The van der Waals surface area contributed by atoms with Gasteiger partial charge in [-0.15, -0.1) is 0 Å². The van der Waals surface area contributed by atoms with E-state index in [9.17, 15) is 14.4 Å². The van der Waals surface area contributed by atoms with Gasteiger partial charge in [0.05, 0.1) is 11.6 Å². The standard InChI is InChI=1S/C24H26N6O3/c1-14-15(2)26-21-12-20(27-30(21)22(14)31)17-8-10-28(11-9-17)23(32)16(3)29-24(33)19-7-5-4-6-18(19)13-25-29/h4-7,12-13,16-17,27H,8-11H2,1-3H3. The summed E-state index contributed by atoms with van der Waals surface area (Å²) in [5.41, 5.74) is 2.60. The third kappa shape index (κ3) is 3.53. The molecule has 9 heteroatoms. The molecule has 1 amide bonds. The SMILES string of the molecule is Cc1nc2cc(C3CCN(C(=O)C(C)n4ncc5ccccc5c4=O)CC3)[nH]n2c(=O)c1C. The molecular formula is C24H26N6O3. The van der Waals surface area contributed by atoms with Gasteiger partial charge in [0, 0.05) is 47.4 Å². The number of H-pyrrole nitrogens is 1. The second-order valence-corrected chi connectivity index (χ2v) is 8.79. The molecule has 1 aromatic carbocycles. The molecule has 1 fully saturated rings. The average Bonchev–Trinajstić information content (AvgIpc) is 3.26. The average molecular weight is 447 g/mol. The zero-order valence-corrected chi connectivity index (χ0v) is 18.9. The van der Waals surface area contributed by atoms with Crippen molar-refractivity contribution in [2.45, 2.75) is 45.6 Å². The molecule has 33 heavy (non-hydrogen) atoms. The molecule has 0 aliphatic carbocycles. The molecule has 4 aromatic rings. The number of fused-ring (bicyclic) bond motifs is 2. The van der Waals surface area contributed by atoms with Gasteiger partial charge in [0.25, 0.3) is 11.1 Å². The van der Waals surface area contributed by atoms with Crippen LogP contribution in [0.25, 0.3) is 16.4 Å². The van der Waals surface area contributed by atoms with Crippen molar-refractivity contribution in [1.29, 1.82) is 0 Å². The van der Waals surface area contributed by atoms with Gasteiger partial charge in [0.2, 0.25) is 5.91 Å². The summed E-state index contributed by atoms with van der Waals surface area (Å²) in [5, 5.41) is 8.76. The van der Waals surface area contributed by atoms with E-state index in [0.29, 0.717) is 29.7 Å². The van der Waals surface area contributed by atoms with Crippen molar-refractivity contribution in [3.63, 3.8) is 0 Å². The van der Waals surface area contributed by atoms with E-state index in [-0.39, 0.29) is 22.9 Å². The maximum atomic E-state index is 13.2. The van der Waals surface area contributed by atoms with Gasteiger partial charge in [-0.2, -0.15) is 5.10 Å². The number of benzene rings is 1. The normalized spacial score (nSPS) is 15.9. The molecule has 1 saturated heterocycles. The van der Waals surface area contributed by atoms with Gasteiger partial charge in [-0.3, -0.25) is 19.5 Å². The number of carbonyl (C=O) groups excluding carboxylic acids is 1. The molecule has 1 unspecified atom stereocenters. The number of nitrogens with zero attached hydrogens (tertiary/aromatic N) is 5. The van der Waals surface area contributed by atoms with Crippen LogP contribution in [0.3, 0.4) is 0 Å². The van der Waals surface area contributed by atoms with E-state index in [0.717, 1.165) is 29.6 Å². The van der Waals surface area contributed by atoms with Gasteiger partial charge >= 0.3 is 0 Å². The van der Waals surface area contributed by atoms with E-state index in [1.54, 1.807) is 31.0 Å². The lowest BCUT2D eigenvalue weighted by atomic mass is 9.93. The summed E-state index contributed by atoms with van der Waals surface area (Å²) in [4.78, 5) is 44.8. The van der Waals surface area contributed by atoms with Crippen LogP contribution in [0.4, 0.5) is 0 Å². The van der Waals surface area contributed by atoms with Crippen LogP contribution in [0, 0.1) is 13.8 Å². The lowest BCUT2D eigenvalue weighted by Gasteiger charge is -2.33. The third-order valence-electron chi connectivity index (χ3n) is 6.79. The molecule has 0 bridgehead atoms. The van der Waals surface area contributed by atoms with Crippen LogP contribution >= 0.6 is 0 Å². The Morgan fingerprint density at radius 1 is 1.12 bits per heavy atom. The van der Waals surface area contributed by atoms with Crippen molar-refractivity contribution >= 4 is 22.3 Å². The second-order valence-electron chi connectivity index (χ2n) is 8.79. The van der Waals surface area contributed by atoms with E-state index in [1.807, 2.05) is 31.2 Å². The molecular weight excluding hydrogens is 420 g/mol. The lowest BCUT2D eigenvalue weighted by molar-refractivity contribution is -0.135. The molecule has 3 aromatic heterocycles. The molecule has 0 radical (unpaired) electrons.